The number of fused-ring (bicyclic) bond motifs is 7. The van der Waals surface area contributed by atoms with E-state index in [9.17, 15) is 0 Å². The van der Waals surface area contributed by atoms with E-state index >= 15 is 0 Å². The van der Waals surface area contributed by atoms with Crippen LogP contribution in [0.2, 0.25) is 0 Å². The molecule has 0 saturated carbocycles. The van der Waals surface area contributed by atoms with Gasteiger partial charge in [-0.15, -0.1) is 22.7 Å². The Kier molecular flexibility index (Phi) is 11.0. The number of benzene rings is 3. The van der Waals surface area contributed by atoms with Crippen molar-refractivity contribution in [2.24, 2.45) is 11.8 Å². The SMILES string of the molecule is CCCCC(CC)CCc1ccc2c(c1)C(C)(C)c1cc(-c3ccc(-c4cc5c(s4)-c4ccc(CCC(CC)CCCC)cc4C5(C)C)c4nsnc34)sc1-2. The summed E-state index contributed by atoms with van der Waals surface area (Å²) in [4.78, 5) is 5.45. The molecule has 0 aliphatic heterocycles. The van der Waals surface area contributed by atoms with Crippen LogP contribution in [-0.4, -0.2) is 8.75 Å². The second-order valence-electron chi connectivity index (χ2n) is 17.7. The minimum atomic E-state index is -0.0187. The van der Waals surface area contributed by atoms with Crippen molar-refractivity contribution in [3.63, 3.8) is 0 Å². The summed E-state index contributed by atoms with van der Waals surface area (Å²) >= 11 is 5.22. The maximum atomic E-state index is 4.95. The molecule has 6 aromatic rings. The first-order valence-electron chi connectivity index (χ1n) is 21.4. The van der Waals surface area contributed by atoms with E-state index in [4.69, 9.17) is 8.75 Å². The number of aryl methyl sites for hydroxylation is 2. The quantitative estimate of drug-likeness (QED) is 0.0977. The van der Waals surface area contributed by atoms with E-state index in [1.54, 1.807) is 0 Å². The van der Waals surface area contributed by atoms with Crippen molar-refractivity contribution in [3.8, 4) is 41.8 Å². The van der Waals surface area contributed by atoms with Gasteiger partial charge in [0.05, 0.1) is 11.7 Å². The summed E-state index contributed by atoms with van der Waals surface area (Å²) in [7, 11) is 0. The Morgan fingerprint density at radius 2 is 0.927 bits per heavy atom. The Morgan fingerprint density at radius 3 is 1.33 bits per heavy atom. The highest BCUT2D eigenvalue weighted by Gasteiger charge is 2.39. The van der Waals surface area contributed by atoms with Gasteiger partial charge in [0.25, 0.3) is 0 Å². The lowest BCUT2D eigenvalue weighted by atomic mass is 9.81. The molecule has 55 heavy (non-hydrogen) atoms. The van der Waals surface area contributed by atoms with Crippen LogP contribution in [0.15, 0.2) is 60.7 Å². The molecule has 2 aliphatic rings. The lowest BCUT2D eigenvalue weighted by Crippen LogP contribution is -2.15. The molecule has 3 aromatic carbocycles. The highest BCUT2D eigenvalue weighted by Crippen LogP contribution is 2.57. The molecule has 0 spiro atoms. The number of nitrogens with zero attached hydrogens (tertiary/aromatic N) is 2. The first kappa shape index (κ1) is 38.7. The predicted octanol–water partition coefficient (Wildman–Crippen LogP) is 16.1. The molecule has 2 aliphatic carbocycles. The van der Waals surface area contributed by atoms with E-state index in [1.807, 2.05) is 22.7 Å². The van der Waals surface area contributed by atoms with Crippen LogP contribution in [0.4, 0.5) is 0 Å². The smallest absolute Gasteiger partial charge is 0.114 e. The molecule has 0 saturated heterocycles. The first-order valence-corrected chi connectivity index (χ1v) is 23.8. The molecule has 5 heteroatoms. The molecule has 0 fully saturated rings. The fourth-order valence-corrected chi connectivity index (χ4v) is 13.0. The maximum absolute atomic E-state index is 4.95. The average molecular weight is 785 g/mol. The molecule has 2 atom stereocenters. The minimum Gasteiger partial charge on any atom is -0.172 e. The summed E-state index contributed by atoms with van der Waals surface area (Å²) in [6, 6.07) is 24.3. The number of hydrogen-bond donors (Lipinski definition) is 0. The summed E-state index contributed by atoms with van der Waals surface area (Å²) < 4.78 is 9.90. The van der Waals surface area contributed by atoms with E-state index in [2.05, 4.69) is 116 Å². The van der Waals surface area contributed by atoms with Crippen molar-refractivity contribution < 1.29 is 0 Å². The van der Waals surface area contributed by atoms with Gasteiger partial charge in [0.1, 0.15) is 11.0 Å². The molecule has 3 aromatic heterocycles. The normalized spacial score (nSPS) is 15.9. The zero-order chi connectivity index (χ0) is 38.5. The van der Waals surface area contributed by atoms with Gasteiger partial charge in [0.2, 0.25) is 0 Å². The predicted molar refractivity (Wildman–Crippen MR) is 242 cm³/mol. The summed E-state index contributed by atoms with van der Waals surface area (Å²) in [5, 5.41) is 0. The molecule has 8 rings (SSSR count). The van der Waals surface area contributed by atoms with E-state index in [1.165, 1.54) is 164 Å². The third kappa shape index (κ3) is 6.99. The summed E-state index contributed by atoms with van der Waals surface area (Å²) in [5.41, 5.74) is 16.2. The molecule has 0 amide bonds. The van der Waals surface area contributed by atoms with Crippen LogP contribution >= 0.6 is 34.4 Å². The van der Waals surface area contributed by atoms with Crippen LogP contribution < -0.4 is 0 Å². The lowest BCUT2D eigenvalue weighted by Gasteiger charge is -2.22. The standard InChI is InChI=1S/C50H60N2S3/c1-9-13-15-31(11-3)17-19-33-21-23-35-39(27-33)49(5,6)41-29-43(53-47(35)41)37-25-26-38(46-45(37)51-55-52-46)44-30-42-48(54-44)36-24-22-34(28-40(36)50(42,7)8)20-18-32(12-4)16-14-10-2/h21-32H,9-20H2,1-8H3. The molecule has 0 radical (unpaired) electrons. The van der Waals surface area contributed by atoms with Gasteiger partial charge in [0.15, 0.2) is 0 Å². The van der Waals surface area contributed by atoms with Gasteiger partial charge in [-0.05, 0) is 94.2 Å². The highest BCUT2D eigenvalue weighted by molar-refractivity contribution is 7.19. The van der Waals surface area contributed by atoms with Gasteiger partial charge in [-0.1, -0.05) is 155 Å². The van der Waals surface area contributed by atoms with E-state index in [-0.39, 0.29) is 10.8 Å². The Morgan fingerprint density at radius 1 is 0.509 bits per heavy atom. The third-order valence-corrected chi connectivity index (χ3v) is 16.5. The molecular weight excluding hydrogens is 725 g/mol. The van der Waals surface area contributed by atoms with Gasteiger partial charge in [0, 0.05) is 41.5 Å². The Balaban J connectivity index is 1.05. The first-order chi connectivity index (χ1) is 26.6. The Hall–Kier alpha value is -3.12. The number of hydrogen-bond acceptors (Lipinski definition) is 5. The van der Waals surface area contributed by atoms with Gasteiger partial charge < -0.3 is 0 Å². The molecule has 2 nitrogen and oxygen atoms in total. The largest absolute Gasteiger partial charge is 0.172 e. The zero-order valence-electron chi connectivity index (χ0n) is 34.5. The number of aromatic nitrogens is 2. The van der Waals surface area contributed by atoms with Gasteiger partial charge >= 0.3 is 0 Å². The number of thiophene rings is 2. The summed E-state index contributed by atoms with van der Waals surface area (Å²) in [6.07, 6.45) is 15.6. The van der Waals surface area contributed by atoms with E-state index < -0.39 is 0 Å². The molecule has 2 unspecified atom stereocenters. The fraction of sp³-hybridized carbons (Fsp3) is 0.480. The van der Waals surface area contributed by atoms with Gasteiger partial charge in [-0.25, -0.2) is 0 Å². The minimum absolute atomic E-state index is 0.0187. The van der Waals surface area contributed by atoms with Crippen LogP contribution in [0, 0.1) is 11.8 Å². The maximum Gasteiger partial charge on any atom is 0.114 e. The fourth-order valence-electron chi connectivity index (χ4n) is 9.69. The monoisotopic (exact) mass is 784 g/mol. The highest BCUT2D eigenvalue weighted by atomic mass is 32.1. The van der Waals surface area contributed by atoms with Crippen molar-refractivity contribution in [1.29, 1.82) is 0 Å². The topological polar surface area (TPSA) is 25.8 Å². The van der Waals surface area contributed by atoms with Crippen molar-refractivity contribution >= 4 is 45.4 Å². The molecule has 0 bridgehead atoms. The van der Waals surface area contributed by atoms with Crippen LogP contribution in [0.3, 0.4) is 0 Å². The van der Waals surface area contributed by atoms with Crippen LogP contribution in [0.1, 0.15) is 153 Å². The van der Waals surface area contributed by atoms with Gasteiger partial charge in [-0.2, -0.15) is 8.75 Å². The lowest BCUT2D eigenvalue weighted by molar-refractivity contribution is 0.422. The van der Waals surface area contributed by atoms with Crippen molar-refractivity contribution in [2.75, 3.05) is 0 Å². The van der Waals surface area contributed by atoms with E-state index in [0.717, 1.165) is 22.9 Å². The van der Waals surface area contributed by atoms with Crippen molar-refractivity contribution in [1.82, 2.24) is 8.75 Å². The number of rotatable bonds is 16. The van der Waals surface area contributed by atoms with Crippen LogP contribution in [0.25, 0.3) is 52.8 Å². The van der Waals surface area contributed by atoms with Crippen molar-refractivity contribution in [2.45, 2.75) is 143 Å². The summed E-state index contributed by atoms with van der Waals surface area (Å²) in [6.45, 7) is 19.0. The third-order valence-electron chi connectivity index (χ3n) is 13.5. The van der Waals surface area contributed by atoms with Crippen LogP contribution in [0.5, 0.6) is 0 Å². The van der Waals surface area contributed by atoms with Gasteiger partial charge in [-0.3, -0.25) is 0 Å². The Bertz CT molecular complexity index is 2150. The second-order valence-corrected chi connectivity index (χ2v) is 20.4. The number of unbranched alkanes of at least 4 members (excludes halogenated alkanes) is 2. The second kappa shape index (κ2) is 15.7. The van der Waals surface area contributed by atoms with Crippen molar-refractivity contribution in [3.05, 3.63) is 94.0 Å². The molecule has 288 valence electrons. The molecule has 0 N–H and O–H groups in total. The van der Waals surface area contributed by atoms with E-state index in [0.29, 0.717) is 0 Å². The molecule has 3 heterocycles. The average Bonchev–Trinajstić information content (AvgIpc) is 4.01. The summed E-state index contributed by atoms with van der Waals surface area (Å²) in [5.74, 6) is 1.69. The molecular formula is C50H60N2S3. The Labute approximate surface area is 343 Å². The van der Waals surface area contributed by atoms with Crippen LogP contribution in [-0.2, 0) is 23.7 Å². The zero-order valence-corrected chi connectivity index (χ0v) is 37.0.